The molecule has 0 bridgehead atoms. The number of hydrogen-bond acceptors (Lipinski definition) is 6. The van der Waals surface area contributed by atoms with Crippen LogP contribution in [0.1, 0.15) is 18.5 Å². The molecule has 0 aliphatic heterocycles. The molecule has 3 heterocycles. The number of nitriles is 1. The minimum absolute atomic E-state index is 0.352. The number of nitrogen functional groups attached to an aromatic ring is 1. The Morgan fingerprint density at radius 2 is 2.03 bits per heavy atom. The number of hydrogen-bond donors (Lipinski definition) is 2. The van der Waals surface area contributed by atoms with Gasteiger partial charge in [-0.05, 0) is 37.6 Å². The van der Waals surface area contributed by atoms with Crippen molar-refractivity contribution >= 4 is 39.6 Å². The SMILES string of the molecule is Cc1ccncc1-c1cc(N)c2cnc(Nc3cnn(C(C)C#N)c3)cc2c1Cl. The van der Waals surface area contributed by atoms with Crippen LogP contribution in [0.25, 0.3) is 21.9 Å². The van der Waals surface area contributed by atoms with Gasteiger partial charge in [-0.2, -0.15) is 10.4 Å². The van der Waals surface area contributed by atoms with E-state index in [-0.39, 0.29) is 6.04 Å². The van der Waals surface area contributed by atoms with Gasteiger partial charge in [0.05, 0.1) is 23.0 Å². The van der Waals surface area contributed by atoms with Gasteiger partial charge in [-0.25, -0.2) is 4.98 Å². The van der Waals surface area contributed by atoms with E-state index in [1.165, 1.54) is 0 Å². The van der Waals surface area contributed by atoms with Gasteiger partial charge in [0.25, 0.3) is 0 Å². The minimum atomic E-state index is -0.352. The Labute approximate surface area is 172 Å². The van der Waals surface area contributed by atoms with Gasteiger partial charge in [-0.15, -0.1) is 0 Å². The van der Waals surface area contributed by atoms with E-state index in [2.05, 4.69) is 26.5 Å². The monoisotopic (exact) mass is 403 g/mol. The van der Waals surface area contributed by atoms with Crippen LogP contribution in [-0.2, 0) is 0 Å². The number of anilines is 3. The summed E-state index contributed by atoms with van der Waals surface area (Å²) in [7, 11) is 0. The molecule has 144 valence electrons. The van der Waals surface area contributed by atoms with Gasteiger partial charge < -0.3 is 11.1 Å². The topological polar surface area (TPSA) is 105 Å². The lowest BCUT2D eigenvalue weighted by atomic mass is 9.99. The summed E-state index contributed by atoms with van der Waals surface area (Å²) in [4.78, 5) is 8.65. The molecule has 0 saturated carbocycles. The van der Waals surface area contributed by atoms with E-state index in [0.29, 0.717) is 16.5 Å². The second kappa shape index (κ2) is 7.41. The molecule has 0 spiro atoms. The second-order valence-electron chi connectivity index (χ2n) is 6.77. The fraction of sp³-hybridized carbons (Fsp3) is 0.143. The molecule has 1 unspecified atom stereocenters. The number of pyridine rings is 2. The van der Waals surface area contributed by atoms with Crippen LogP contribution in [-0.4, -0.2) is 19.7 Å². The summed E-state index contributed by atoms with van der Waals surface area (Å²) < 4.78 is 1.58. The van der Waals surface area contributed by atoms with Crippen LogP contribution < -0.4 is 11.1 Å². The summed E-state index contributed by atoms with van der Waals surface area (Å²) in [6.07, 6.45) is 8.63. The quantitative estimate of drug-likeness (QED) is 0.471. The van der Waals surface area contributed by atoms with Crippen LogP contribution in [0.15, 0.2) is 49.2 Å². The third-order valence-corrected chi connectivity index (χ3v) is 5.18. The van der Waals surface area contributed by atoms with Crippen molar-refractivity contribution in [3.8, 4) is 17.2 Å². The first-order valence-electron chi connectivity index (χ1n) is 8.97. The summed E-state index contributed by atoms with van der Waals surface area (Å²) in [6, 6.07) is 7.44. The van der Waals surface area contributed by atoms with Crippen molar-refractivity contribution in [3.05, 3.63) is 59.8 Å². The lowest BCUT2D eigenvalue weighted by molar-refractivity contribution is 0.591. The summed E-state index contributed by atoms with van der Waals surface area (Å²) in [6.45, 7) is 3.78. The first-order chi connectivity index (χ1) is 14.0. The average Bonchev–Trinajstić information content (AvgIpc) is 3.19. The molecule has 0 radical (unpaired) electrons. The van der Waals surface area contributed by atoms with Gasteiger partial charge in [0.15, 0.2) is 0 Å². The Morgan fingerprint density at radius 1 is 1.21 bits per heavy atom. The first-order valence-corrected chi connectivity index (χ1v) is 9.35. The number of nitrogens with two attached hydrogens (primary N) is 1. The fourth-order valence-corrected chi connectivity index (χ4v) is 3.45. The highest BCUT2D eigenvalue weighted by Crippen LogP contribution is 2.39. The zero-order chi connectivity index (χ0) is 20.5. The van der Waals surface area contributed by atoms with Gasteiger partial charge in [0.2, 0.25) is 0 Å². The molecule has 3 aromatic heterocycles. The van der Waals surface area contributed by atoms with Crippen LogP contribution in [0.4, 0.5) is 17.2 Å². The zero-order valence-electron chi connectivity index (χ0n) is 15.9. The highest BCUT2D eigenvalue weighted by atomic mass is 35.5. The van der Waals surface area contributed by atoms with Gasteiger partial charge in [-0.3, -0.25) is 9.67 Å². The van der Waals surface area contributed by atoms with Crippen LogP contribution in [0.2, 0.25) is 5.02 Å². The van der Waals surface area contributed by atoms with Crippen molar-refractivity contribution in [2.24, 2.45) is 0 Å². The van der Waals surface area contributed by atoms with E-state index in [0.717, 1.165) is 33.2 Å². The maximum absolute atomic E-state index is 9.03. The molecule has 0 saturated heterocycles. The summed E-state index contributed by atoms with van der Waals surface area (Å²) in [5.41, 5.74) is 10.4. The Kier molecular flexibility index (Phi) is 4.79. The number of nitrogens with zero attached hydrogens (tertiary/aromatic N) is 5. The predicted octanol–water partition coefficient (Wildman–Crippen LogP) is 4.87. The minimum Gasteiger partial charge on any atom is -0.398 e. The molecular weight excluding hydrogens is 386 g/mol. The number of aryl methyl sites for hydroxylation is 1. The molecule has 0 aliphatic rings. The van der Waals surface area contributed by atoms with Gasteiger partial charge in [0, 0.05) is 52.4 Å². The summed E-state index contributed by atoms with van der Waals surface area (Å²) in [5, 5.41) is 18.6. The number of benzene rings is 1. The Hall–Kier alpha value is -3.63. The van der Waals surface area contributed by atoms with Gasteiger partial charge in [-0.1, -0.05) is 11.6 Å². The van der Waals surface area contributed by atoms with Crippen LogP contribution in [0.3, 0.4) is 0 Å². The molecule has 1 atom stereocenters. The molecule has 29 heavy (non-hydrogen) atoms. The zero-order valence-corrected chi connectivity index (χ0v) is 16.6. The third kappa shape index (κ3) is 3.46. The molecule has 1 aromatic carbocycles. The Bertz CT molecular complexity index is 1260. The maximum atomic E-state index is 9.03. The van der Waals surface area contributed by atoms with Crippen LogP contribution >= 0.6 is 11.6 Å². The van der Waals surface area contributed by atoms with Crippen molar-refractivity contribution < 1.29 is 0 Å². The number of halogens is 1. The standard InChI is InChI=1S/C21H18ClN7/c1-12-3-4-25-9-17(12)15-5-19(24)18-10-26-20(6-16(18)21(15)22)28-14-8-27-29(11-14)13(2)7-23/h3-6,8-11,13H,24H2,1-2H3,(H,26,28). The fourth-order valence-electron chi connectivity index (χ4n) is 3.14. The molecule has 8 heteroatoms. The van der Waals surface area contributed by atoms with E-state index in [1.54, 1.807) is 42.6 Å². The molecule has 4 aromatic rings. The predicted molar refractivity (Wildman–Crippen MR) is 115 cm³/mol. The van der Waals surface area contributed by atoms with E-state index in [1.807, 2.05) is 25.1 Å². The van der Waals surface area contributed by atoms with Crippen molar-refractivity contribution in [2.45, 2.75) is 19.9 Å². The molecule has 7 nitrogen and oxygen atoms in total. The summed E-state index contributed by atoms with van der Waals surface area (Å²) >= 11 is 6.77. The molecule has 0 aliphatic carbocycles. The van der Waals surface area contributed by atoms with E-state index in [4.69, 9.17) is 22.6 Å². The number of aromatic nitrogens is 4. The Morgan fingerprint density at radius 3 is 2.79 bits per heavy atom. The lowest BCUT2D eigenvalue weighted by Gasteiger charge is -2.13. The van der Waals surface area contributed by atoms with E-state index < -0.39 is 0 Å². The first kappa shape index (κ1) is 18.7. The van der Waals surface area contributed by atoms with Gasteiger partial charge in [0.1, 0.15) is 11.9 Å². The largest absolute Gasteiger partial charge is 0.398 e. The molecule has 0 amide bonds. The molecule has 0 fully saturated rings. The van der Waals surface area contributed by atoms with E-state index in [9.17, 15) is 0 Å². The van der Waals surface area contributed by atoms with Crippen molar-refractivity contribution in [1.82, 2.24) is 19.7 Å². The van der Waals surface area contributed by atoms with Crippen LogP contribution in [0, 0.1) is 18.3 Å². The summed E-state index contributed by atoms with van der Waals surface area (Å²) in [5.74, 6) is 0.600. The highest BCUT2D eigenvalue weighted by molar-refractivity contribution is 6.39. The number of fused-ring (bicyclic) bond motifs is 1. The molecule has 4 rings (SSSR count). The molecular formula is C21H18ClN7. The smallest absolute Gasteiger partial charge is 0.135 e. The van der Waals surface area contributed by atoms with Crippen molar-refractivity contribution in [3.63, 3.8) is 0 Å². The average molecular weight is 404 g/mol. The van der Waals surface area contributed by atoms with Gasteiger partial charge >= 0.3 is 0 Å². The van der Waals surface area contributed by atoms with Crippen LogP contribution in [0.5, 0.6) is 0 Å². The normalized spacial score (nSPS) is 11.9. The molecule has 3 N–H and O–H groups in total. The van der Waals surface area contributed by atoms with E-state index >= 15 is 0 Å². The second-order valence-corrected chi connectivity index (χ2v) is 7.15. The number of rotatable bonds is 4. The Balaban J connectivity index is 1.77. The third-order valence-electron chi connectivity index (χ3n) is 4.77. The maximum Gasteiger partial charge on any atom is 0.135 e. The highest BCUT2D eigenvalue weighted by Gasteiger charge is 2.14. The lowest BCUT2D eigenvalue weighted by Crippen LogP contribution is -2.02. The van der Waals surface area contributed by atoms with Crippen molar-refractivity contribution in [2.75, 3.05) is 11.1 Å². The number of nitrogens with one attached hydrogen (secondary N) is 1. The van der Waals surface area contributed by atoms with Crippen molar-refractivity contribution in [1.29, 1.82) is 5.26 Å².